The van der Waals surface area contributed by atoms with Gasteiger partial charge >= 0.3 is 0 Å². The fraction of sp³-hybridized carbons (Fsp3) is 0.167. The molecule has 0 aliphatic carbocycles. The van der Waals surface area contributed by atoms with Gasteiger partial charge in [-0.2, -0.15) is 0 Å². The first kappa shape index (κ1) is 21.3. The van der Waals surface area contributed by atoms with Gasteiger partial charge in [0.1, 0.15) is 11.4 Å². The lowest BCUT2D eigenvalue weighted by Gasteiger charge is -2.42. The SMILES string of the molecule is CCN1C(c2cc(OC)c3c(c2)OCO3)=NC(c2ccccc2)(c2ccccc2)c2ccccc21. The highest BCUT2D eigenvalue weighted by molar-refractivity contribution is 6.13. The molecule has 4 aromatic rings. The first-order valence-corrected chi connectivity index (χ1v) is 11.8. The summed E-state index contributed by atoms with van der Waals surface area (Å²) in [5.74, 6) is 2.80. The van der Waals surface area contributed by atoms with Crippen LogP contribution in [0.3, 0.4) is 0 Å². The van der Waals surface area contributed by atoms with E-state index >= 15 is 0 Å². The van der Waals surface area contributed by atoms with Crippen LogP contribution in [-0.4, -0.2) is 26.3 Å². The summed E-state index contributed by atoms with van der Waals surface area (Å²) in [7, 11) is 1.65. The van der Waals surface area contributed by atoms with Crippen molar-refractivity contribution in [3.8, 4) is 17.2 Å². The van der Waals surface area contributed by atoms with Gasteiger partial charge in [-0.05, 0) is 36.2 Å². The molecule has 35 heavy (non-hydrogen) atoms. The van der Waals surface area contributed by atoms with E-state index in [1.165, 1.54) is 0 Å². The molecule has 0 spiro atoms. The molecule has 0 fully saturated rings. The monoisotopic (exact) mass is 462 g/mol. The van der Waals surface area contributed by atoms with Crippen molar-refractivity contribution < 1.29 is 14.2 Å². The maximum absolute atomic E-state index is 5.76. The Bertz CT molecular complexity index is 1360. The van der Waals surface area contributed by atoms with E-state index in [4.69, 9.17) is 19.2 Å². The molecule has 0 aromatic heterocycles. The topological polar surface area (TPSA) is 43.3 Å². The summed E-state index contributed by atoms with van der Waals surface area (Å²) in [4.78, 5) is 7.87. The number of anilines is 1. The van der Waals surface area contributed by atoms with Crippen LogP contribution in [0.1, 0.15) is 29.2 Å². The lowest BCUT2D eigenvalue weighted by Crippen LogP contribution is -2.43. The Labute approximate surface area is 205 Å². The molecule has 0 saturated carbocycles. The number of rotatable bonds is 5. The molecular formula is C30H26N2O3. The van der Waals surface area contributed by atoms with Crippen molar-refractivity contribution in [1.29, 1.82) is 0 Å². The predicted octanol–water partition coefficient (Wildman–Crippen LogP) is 6.00. The number of para-hydroxylation sites is 1. The molecule has 0 N–H and O–H groups in total. The van der Waals surface area contributed by atoms with Crippen LogP contribution in [0.25, 0.3) is 0 Å². The summed E-state index contributed by atoms with van der Waals surface area (Å²) in [6.45, 7) is 3.08. The quantitative estimate of drug-likeness (QED) is 0.365. The van der Waals surface area contributed by atoms with Crippen LogP contribution in [0, 0.1) is 0 Å². The lowest BCUT2D eigenvalue weighted by atomic mass is 9.75. The summed E-state index contributed by atoms with van der Waals surface area (Å²) in [5.41, 5.74) is 4.70. The van der Waals surface area contributed by atoms with Gasteiger partial charge in [-0.25, -0.2) is 4.99 Å². The van der Waals surface area contributed by atoms with E-state index in [9.17, 15) is 0 Å². The molecule has 4 aromatic carbocycles. The molecule has 174 valence electrons. The molecule has 0 radical (unpaired) electrons. The fourth-order valence-corrected chi connectivity index (χ4v) is 5.17. The number of benzene rings is 4. The highest BCUT2D eigenvalue weighted by Crippen LogP contribution is 2.49. The van der Waals surface area contributed by atoms with Crippen molar-refractivity contribution in [1.82, 2.24) is 0 Å². The molecule has 2 aliphatic rings. The third-order valence-electron chi connectivity index (χ3n) is 6.73. The maximum Gasteiger partial charge on any atom is 0.231 e. The molecule has 6 rings (SSSR count). The number of methoxy groups -OCH3 is 1. The number of hydrogen-bond donors (Lipinski definition) is 0. The molecule has 0 unspecified atom stereocenters. The van der Waals surface area contributed by atoms with Crippen LogP contribution in [-0.2, 0) is 5.54 Å². The number of hydrogen-bond acceptors (Lipinski definition) is 5. The van der Waals surface area contributed by atoms with Gasteiger partial charge in [0.2, 0.25) is 12.5 Å². The van der Waals surface area contributed by atoms with E-state index in [1.54, 1.807) is 7.11 Å². The molecule has 0 bridgehead atoms. The van der Waals surface area contributed by atoms with Gasteiger partial charge in [0.05, 0.1) is 7.11 Å². The minimum Gasteiger partial charge on any atom is -0.493 e. The first-order valence-electron chi connectivity index (χ1n) is 11.8. The van der Waals surface area contributed by atoms with Crippen molar-refractivity contribution in [2.75, 3.05) is 25.3 Å². The third-order valence-corrected chi connectivity index (χ3v) is 6.73. The third kappa shape index (κ3) is 3.27. The highest BCUT2D eigenvalue weighted by atomic mass is 16.7. The van der Waals surface area contributed by atoms with Crippen molar-refractivity contribution in [3.05, 3.63) is 119 Å². The summed E-state index contributed by atoms with van der Waals surface area (Å²) in [6, 6.07) is 33.6. The molecule has 2 heterocycles. The number of aliphatic imine (C=N–C) groups is 1. The second kappa shape index (κ2) is 8.51. The minimum atomic E-state index is -0.719. The van der Waals surface area contributed by atoms with Crippen molar-refractivity contribution >= 4 is 11.5 Å². The van der Waals surface area contributed by atoms with Crippen molar-refractivity contribution in [2.24, 2.45) is 4.99 Å². The average Bonchev–Trinajstić information content (AvgIpc) is 3.41. The van der Waals surface area contributed by atoms with E-state index < -0.39 is 5.54 Å². The van der Waals surface area contributed by atoms with Crippen LogP contribution >= 0.6 is 0 Å². The van der Waals surface area contributed by atoms with Gasteiger partial charge in [0, 0.05) is 23.4 Å². The maximum atomic E-state index is 5.76. The first-order chi connectivity index (χ1) is 17.3. The van der Waals surface area contributed by atoms with Gasteiger partial charge in [0.15, 0.2) is 11.5 Å². The van der Waals surface area contributed by atoms with Gasteiger partial charge in [-0.3, -0.25) is 0 Å². The lowest BCUT2D eigenvalue weighted by molar-refractivity contribution is 0.171. The second-order valence-electron chi connectivity index (χ2n) is 8.55. The smallest absolute Gasteiger partial charge is 0.231 e. The van der Waals surface area contributed by atoms with E-state index in [1.807, 2.05) is 24.3 Å². The Morgan fingerprint density at radius 1 is 0.857 bits per heavy atom. The number of ether oxygens (including phenoxy) is 3. The molecule has 0 amide bonds. The van der Waals surface area contributed by atoms with E-state index in [0.717, 1.165) is 40.3 Å². The molecule has 2 aliphatic heterocycles. The molecule has 5 nitrogen and oxygen atoms in total. The highest BCUT2D eigenvalue weighted by Gasteiger charge is 2.43. The zero-order chi connectivity index (χ0) is 23.8. The van der Waals surface area contributed by atoms with Crippen LogP contribution in [0.5, 0.6) is 17.2 Å². The number of amidine groups is 1. The van der Waals surface area contributed by atoms with Crippen molar-refractivity contribution in [2.45, 2.75) is 12.5 Å². The number of nitrogens with zero attached hydrogens (tertiary/aromatic N) is 2. The number of fused-ring (bicyclic) bond motifs is 2. The Kier molecular flexibility index (Phi) is 5.18. The molecule has 5 heteroatoms. The minimum absolute atomic E-state index is 0.180. The normalized spacial score (nSPS) is 15.4. The van der Waals surface area contributed by atoms with E-state index in [-0.39, 0.29) is 6.79 Å². The van der Waals surface area contributed by atoms with Crippen LogP contribution in [0.2, 0.25) is 0 Å². The summed E-state index contributed by atoms with van der Waals surface area (Å²) < 4.78 is 17.1. The fourth-order valence-electron chi connectivity index (χ4n) is 5.17. The zero-order valence-corrected chi connectivity index (χ0v) is 19.8. The molecule has 0 atom stereocenters. The largest absolute Gasteiger partial charge is 0.493 e. The van der Waals surface area contributed by atoms with E-state index in [0.29, 0.717) is 17.2 Å². The zero-order valence-electron chi connectivity index (χ0n) is 19.8. The van der Waals surface area contributed by atoms with Crippen LogP contribution in [0.4, 0.5) is 5.69 Å². The van der Waals surface area contributed by atoms with Crippen LogP contribution in [0.15, 0.2) is 102 Å². The standard InChI is InChI=1S/C30H26N2O3/c1-3-32-25-17-11-10-16-24(25)30(22-12-6-4-7-13-22,23-14-8-5-9-15-23)31-29(32)21-18-26(33-2)28-27(19-21)34-20-35-28/h4-19H,3,20H2,1-2H3. The summed E-state index contributed by atoms with van der Waals surface area (Å²) in [5, 5.41) is 0. The van der Waals surface area contributed by atoms with Gasteiger partial charge in [0.25, 0.3) is 0 Å². The molecule has 0 saturated heterocycles. The Morgan fingerprint density at radius 2 is 1.51 bits per heavy atom. The van der Waals surface area contributed by atoms with Gasteiger partial charge in [-0.1, -0.05) is 78.9 Å². The summed E-state index contributed by atoms with van der Waals surface area (Å²) >= 11 is 0. The predicted molar refractivity (Wildman–Crippen MR) is 138 cm³/mol. The van der Waals surface area contributed by atoms with Crippen LogP contribution < -0.4 is 19.1 Å². The van der Waals surface area contributed by atoms with Crippen molar-refractivity contribution in [3.63, 3.8) is 0 Å². The summed E-state index contributed by atoms with van der Waals surface area (Å²) in [6.07, 6.45) is 0. The Morgan fingerprint density at radius 3 is 2.17 bits per heavy atom. The Balaban J connectivity index is 1.70. The second-order valence-corrected chi connectivity index (χ2v) is 8.55. The van der Waals surface area contributed by atoms with Gasteiger partial charge < -0.3 is 19.1 Å². The average molecular weight is 463 g/mol. The Hall–Kier alpha value is -4.25. The van der Waals surface area contributed by atoms with Gasteiger partial charge in [-0.15, -0.1) is 0 Å². The van der Waals surface area contributed by atoms with E-state index in [2.05, 4.69) is 84.6 Å². The molecular weight excluding hydrogens is 436 g/mol.